The molecular formula is C16H22BrNO. The minimum atomic E-state index is 0.301. The van der Waals surface area contributed by atoms with Crippen LogP contribution in [0.15, 0.2) is 40.6 Å². The van der Waals surface area contributed by atoms with E-state index in [4.69, 9.17) is 4.74 Å². The van der Waals surface area contributed by atoms with Crippen molar-refractivity contribution in [1.82, 2.24) is 5.32 Å². The fourth-order valence-corrected chi connectivity index (χ4v) is 2.76. The van der Waals surface area contributed by atoms with Crippen molar-refractivity contribution >= 4 is 15.9 Å². The van der Waals surface area contributed by atoms with Gasteiger partial charge in [-0.1, -0.05) is 35.0 Å². The maximum atomic E-state index is 5.83. The Balaban J connectivity index is 2.06. The molecule has 0 fully saturated rings. The second-order valence-corrected chi connectivity index (χ2v) is 5.85. The van der Waals surface area contributed by atoms with Gasteiger partial charge in [0.2, 0.25) is 0 Å². The molecule has 1 atom stereocenters. The first-order chi connectivity index (χ1) is 9.29. The van der Waals surface area contributed by atoms with Crippen molar-refractivity contribution in [3.63, 3.8) is 0 Å². The summed E-state index contributed by atoms with van der Waals surface area (Å²) in [5, 5.41) is 3.60. The van der Waals surface area contributed by atoms with Crippen molar-refractivity contribution in [2.75, 3.05) is 13.2 Å². The van der Waals surface area contributed by atoms with E-state index in [1.807, 2.05) is 0 Å². The molecule has 0 aromatic heterocycles. The summed E-state index contributed by atoms with van der Waals surface area (Å²) in [6.07, 6.45) is 6.64. The van der Waals surface area contributed by atoms with E-state index in [9.17, 15) is 0 Å². The summed E-state index contributed by atoms with van der Waals surface area (Å²) < 4.78 is 6.96. The molecule has 0 amide bonds. The monoisotopic (exact) mass is 323 g/mol. The highest BCUT2D eigenvalue weighted by Crippen LogP contribution is 2.19. The van der Waals surface area contributed by atoms with Crippen molar-refractivity contribution < 1.29 is 4.74 Å². The topological polar surface area (TPSA) is 21.3 Å². The molecule has 0 aliphatic carbocycles. The molecule has 2 nitrogen and oxygen atoms in total. The third-order valence-corrected chi connectivity index (χ3v) is 3.77. The Hall–Kier alpha value is -0.800. The highest BCUT2D eigenvalue weighted by atomic mass is 79.9. The number of hydrogen-bond donors (Lipinski definition) is 1. The van der Waals surface area contributed by atoms with Crippen LogP contribution in [0.5, 0.6) is 0 Å². The predicted octanol–water partition coefficient (Wildman–Crippen LogP) is 4.05. The lowest BCUT2D eigenvalue weighted by Gasteiger charge is -2.25. The summed E-state index contributed by atoms with van der Waals surface area (Å²) in [7, 11) is 0. The van der Waals surface area contributed by atoms with Gasteiger partial charge >= 0.3 is 0 Å². The van der Waals surface area contributed by atoms with Gasteiger partial charge in [0.1, 0.15) is 5.76 Å². The van der Waals surface area contributed by atoms with Gasteiger partial charge < -0.3 is 10.1 Å². The number of rotatable bonds is 6. The third kappa shape index (κ3) is 4.66. The maximum absolute atomic E-state index is 5.83. The van der Waals surface area contributed by atoms with Crippen molar-refractivity contribution in [1.29, 1.82) is 0 Å². The molecule has 1 aliphatic rings. The molecule has 1 aliphatic heterocycles. The van der Waals surface area contributed by atoms with Gasteiger partial charge in [-0.2, -0.15) is 0 Å². The molecule has 1 heterocycles. The highest BCUT2D eigenvalue weighted by molar-refractivity contribution is 9.10. The predicted molar refractivity (Wildman–Crippen MR) is 83.2 cm³/mol. The summed E-state index contributed by atoms with van der Waals surface area (Å²) in [4.78, 5) is 0. The Morgan fingerprint density at radius 1 is 1.42 bits per heavy atom. The number of benzene rings is 1. The van der Waals surface area contributed by atoms with Crippen LogP contribution >= 0.6 is 15.9 Å². The summed E-state index contributed by atoms with van der Waals surface area (Å²) in [6.45, 7) is 4.08. The lowest BCUT2D eigenvalue weighted by molar-refractivity contribution is 0.167. The molecule has 2 rings (SSSR count). The van der Waals surface area contributed by atoms with Gasteiger partial charge in [-0.3, -0.25) is 0 Å². The van der Waals surface area contributed by atoms with Crippen LogP contribution in [-0.4, -0.2) is 19.2 Å². The van der Waals surface area contributed by atoms with Gasteiger partial charge in [0, 0.05) is 4.47 Å². The third-order valence-electron chi connectivity index (χ3n) is 3.28. The van der Waals surface area contributed by atoms with Crippen LogP contribution in [0, 0.1) is 0 Å². The Bertz CT molecular complexity index is 431. The summed E-state index contributed by atoms with van der Waals surface area (Å²) in [5.41, 5.74) is 1.33. The average molecular weight is 324 g/mol. The van der Waals surface area contributed by atoms with Crippen LogP contribution in [0.25, 0.3) is 0 Å². The Labute approximate surface area is 124 Å². The van der Waals surface area contributed by atoms with Crippen LogP contribution in [-0.2, 0) is 11.2 Å². The van der Waals surface area contributed by atoms with Crippen LogP contribution in [0.3, 0.4) is 0 Å². The molecule has 0 bridgehead atoms. The van der Waals surface area contributed by atoms with E-state index >= 15 is 0 Å². The molecule has 0 saturated carbocycles. The lowest BCUT2D eigenvalue weighted by atomic mass is 10.0. The van der Waals surface area contributed by atoms with Gasteiger partial charge in [-0.05, 0) is 56.0 Å². The largest absolute Gasteiger partial charge is 0.497 e. The van der Waals surface area contributed by atoms with Crippen LogP contribution in [0.2, 0.25) is 0 Å². The number of ether oxygens (including phenoxy) is 1. The van der Waals surface area contributed by atoms with Crippen molar-refractivity contribution in [3.05, 3.63) is 46.1 Å². The minimum absolute atomic E-state index is 0.301. The Kier molecular flexibility index (Phi) is 5.93. The first kappa shape index (κ1) is 14.6. The normalized spacial score (nSPS) is 16.6. The first-order valence-electron chi connectivity index (χ1n) is 7.10. The number of nitrogens with one attached hydrogen (secondary N) is 1. The maximum Gasteiger partial charge on any atom is 0.109 e. The van der Waals surface area contributed by atoms with Crippen molar-refractivity contribution in [2.24, 2.45) is 0 Å². The molecule has 1 N–H and O–H groups in total. The Morgan fingerprint density at radius 2 is 2.32 bits per heavy atom. The zero-order valence-electron chi connectivity index (χ0n) is 11.5. The first-order valence-corrected chi connectivity index (χ1v) is 7.89. The molecule has 1 aromatic rings. The standard InChI is InChI=1S/C16H22BrNO/c1-2-9-18-15(16-8-3-4-10-19-16)12-13-6-5-7-14(17)11-13/h5-8,11,15,18H,2-4,9-10,12H2,1H3. The number of hydrogen-bond acceptors (Lipinski definition) is 2. The molecule has 104 valence electrons. The zero-order chi connectivity index (χ0) is 13.5. The molecule has 1 unspecified atom stereocenters. The molecule has 19 heavy (non-hydrogen) atoms. The van der Waals surface area contributed by atoms with Crippen LogP contribution < -0.4 is 5.32 Å². The zero-order valence-corrected chi connectivity index (χ0v) is 13.1. The minimum Gasteiger partial charge on any atom is -0.497 e. The number of halogens is 1. The van der Waals surface area contributed by atoms with E-state index in [1.54, 1.807) is 0 Å². The van der Waals surface area contributed by atoms with E-state index < -0.39 is 0 Å². The molecule has 0 saturated heterocycles. The van der Waals surface area contributed by atoms with E-state index in [2.05, 4.69) is 58.5 Å². The van der Waals surface area contributed by atoms with E-state index in [-0.39, 0.29) is 0 Å². The van der Waals surface area contributed by atoms with Gasteiger partial charge in [0.25, 0.3) is 0 Å². The fourth-order valence-electron chi connectivity index (χ4n) is 2.31. The van der Waals surface area contributed by atoms with E-state index in [0.29, 0.717) is 6.04 Å². The number of allylic oxidation sites excluding steroid dienone is 1. The van der Waals surface area contributed by atoms with Gasteiger partial charge in [-0.25, -0.2) is 0 Å². The highest BCUT2D eigenvalue weighted by Gasteiger charge is 2.17. The quantitative estimate of drug-likeness (QED) is 0.852. The lowest BCUT2D eigenvalue weighted by Crippen LogP contribution is -2.35. The van der Waals surface area contributed by atoms with Crippen molar-refractivity contribution in [2.45, 2.75) is 38.6 Å². The molecule has 0 radical (unpaired) electrons. The van der Waals surface area contributed by atoms with Gasteiger partial charge in [0.15, 0.2) is 0 Å². The summed E-state index contributed by atoms with van der Waals surface area (Å²) in [5.74, 6) is 1.12. The molecule has 3 heteroatoms. The van der Waals surface area contributed by atoms with Crippen LogP contribution in [0.1, 0.15) is 31.7 Å². The van der Waals surface area contributed by atoms with E-state index in [0.717, 1.165) is 49.1 Å². The van der Waals surface area contributed by atoms with Gasteiger partial charge in [0.05, 0.1) is 12.6 Å². The van der Waals surface area contributed by atoms with E-state index in [1.165, 1.54) is 5.56 Å². The average Bonchev–Trinajstić information content (AvgIpc) is 2.44. The molecule has 1 aromatic carbocycles. The summed E-state index contributed by atoms with van der Waals surface area (Å²) in [6, 6.07) is 8.81. The summed E-state index contributed by atoms with van der Waals surface area (Å²) >= 11 is 3.53. The van der Waals surface area contributed by atoms with Crippen molar-refractivity contribution in [3.8, 4) is 0 Å². The molecular weight excluding hydrogens is 302 g/mol. The Morgan fingerprint density at radius 3 is 3.00 bits per heavy atom. The smallest absolute Gasteiger partial charge is 0.109 e. The SMILES string of the molecule is CCCNC(Cc1cccc(Br)c1)C1=CCCCO1. The molecule has 0 spiro atoms. The fraction of sp³-hybridized carbons (Fsp3) is 0.500. The van der Waals surface area contributed by atoms with Gasteiger partial charge in [-0.15, -0.1) is 0 Å². The second-order valence-electron chi connectivity index (χ2n) is 4.94. The second kappa shape index (κ2) is 7.71. The van der Waals surface area contributed by atoms with Crippen LogP contribution in [0.4, 0.5) is 0 Å².